The predicted molar refractivity (Wildman–Crippen MR) is 180 cm³/mol. The van der Waals surface area contributed by atoms with Crippen LogP contribution in [0.2, 0.25) is 0 Å². The fraction of sp³-hybridized carbons (Fsp3) is 0.361. The summed E-state index contributed by atoms with van der Waals surface area (Å²) in [6.07, 6.45) is 13.2. The van der Waals surface area contributed by atoms with Gasteiger partial charge in [0.05, 0.1) is 22.4 Å². The Hall–Kier alpha value is -4.74. The third-order valence-corrected chi connectivity index (χ3v) is 9.38. The van der Waals surface area contributed by atoms with Gasteiger partial charge in [0.15, 0.2) is 11.5 Å². The molecule has 0 amide bonds. The first-order valence-electron chi connectivity index (χ1n) is 16.7. The van der Waals surface area contributed by atoms with E-state index < -0.39 is 0 Å². The van der Waals surface area contributed by atoms with Crippen molar-refractivity contribution in [3.05, 3.63) is 72.4 Å². The fourth-order valence-electron chi connectivity index (χ4n) is 6.92. The number of nitrogens with one attached hydrogen (secondary N) is 3. The standard InChI is InChI=1S/C36H38FN9O/c37-27-16-25(17-28(18-27)47-14-13-46-11-3-4-12-46)32-33-30(9-10-40-32)42-36(43-33)35-34-31(44-45-35)8-7-29(41-34)26-15-24(21-39-22-26)20-38-19-23-5-1-2-6-23/h7-10,15-18,21-23,38H,1-6,11-14,19-20H2,(H,42,43)(H,44,45). The van der Waals surface area contributed by atoms with Gasteiger partial charge in [0.1, 0.15) is 29.2 Å². The van der Waals surface area contributed by atoms with Crippen LogP contribution in [0.3, 0.4) is 0 Å². The van der Waals surface area contributed by atoms with Crippen molar-refractivity contribution < 1.29 is 9.13 Å². The molecule has 1 aliphatic carbocycles. The number of imidazole rings is 1. The fourth-order valence-corrected chi connectivity index (χ4v) is 6.92. The summed E-state index contributed by atoms with van der Waals surface area (Å²) >= 11 is 0. The van der Waals surface area contributed by atoms with E-state index in [0.29, 0.717) is 46.2 Å². The minimum absolute atomic E-state index is 0.383. The van der Waals surface area contributed by atoms with Crippen molar-refractivity contribution in [2.75, 3.05) is 32.8 Å². The van der Waals surface area contributed by atoms with Crippen molar-refractivity contribution in [2.45, 2.75) is 45.1 Å². The van der Waals surface area contributed by atoms with E-state index in [1.807, 2.05) is 36.7 Å². The molecule has 1 saturated heterocycles. The van der Waals surface area contributed by atoms with Gasteiger partial charge < -0.3 is 15.0 Å². The first-order chi connectivity index (χ1) is 23.2. The molecule has 5 aromatic heterocycles. The molecule has 47 heavy (non-hydrogen) atoms. The van der Waals surface area contributed by atoms with Crippen LogP contribution in [0.15, 0.2) is 61.1 Å². The lowest BCUT2D eigenvalue weighted by atomic mass is 10.1. The number of rotatable bonds is 11. The van der Waals surface area contributed by atoms with Crippen molar-refractivity contribution in [1.82, 2.24) is 45.3 Å². The van der Waals surface area contributed by atoms with Crippen molar-refractivity contribution in [3.8, 4) is 39.8 Å². The molecule has 0 atom stereocenters. The van der Waals surface area contributed by atoms with E-state index in [0.717, 1.165) is 66.5 Å². The third kappa shape index (κ3) is 6.45. The van der Waals surface area contributed by atoms with Crippen molar-refractivity contribution in [3.63, 3.8) is 0 Å². The van der Waals surface area contributed by atoms with E-state index in [-0.39, 0.29) is 5.82 Å². The molecular formula is C36H38FN9O. The molecular weight excluding hydrogens is 593 g/mol. The van der Waals surface area contributed by atoms with Gasteiger partial charge in [0.2, 0.25) is 0 Å². The van der Waals surface area contributed by atoms with Crippen molar-refractivity contribution >= 4 is 22.1 Å². The number of hydrogen-bond acceptors (Lipinski definition) is 8. The summed E-state index contributed by atoms with van der Waals surface area (Å²) in [5, 5.41) is 11.3. The highest BCUT2D eigenvalue weighted by atomic mass is 19.1. The molecule has 3 N–H and O–H groups in total. The Morgan fingerprint density at radius 1 is 0.894 bits per heavy atom. The third-order valence-electron chi connectivity index (χ3n) is 9.38. The topological polar surface area (TPSA) is 121 Å². The van der Waals surface area contributed by atoms with Gasteiger partial charge in [-0.1, -0.05) is 12.8 Å². The molecule has 10 nitrogen and oxygen atoms in total. The first kappa shape index (κ1) is 29.6. The average Bonchev–Trinajstić information content (AvgIpc) is 3.91. The molecule has 2 fully saturated rings. The summed E-state index contributed by atoms with van der Waals surface area (Å²) in [6, 6.07) is 12.7. The van der Waals surface area contributed by atoms with Gasteiger partial charge in [-0.2, -0.15) is 5.10 Å². The number of benzene rings is 1. The molecule has 6 aromatic rings. The molecule has 0 radical (unpaired) electrons. The first-order valence-corrected chi connectivity index (χ1v) is 16.7. The molecule has 240 valence electrons. The lowest BCUT2D eigenvalue weighted by Gasteiger charge is -2.15. The van der Waals surface area contributed by atoms with Crippen LogP contribution >= 0.6 is 0 Å². The van der Waals surface area contributed by atoms with Crippen LogP contribution in [0.4, 0.5) is 4.39 Å². The van der Waals surface area contributed by atoms with Gasteiger partial charge in [-0.05, 0) is 93.2 Å². The second-order valence-electron chi connectivity index (χ2n) is 12.7. The number of likely N-dealkylation sites (tertiary alicyclic amines) is 1. The summed E-state index contributed by atoms with van der Waals surface area (Å²) in [6.45, 7) is 5.35. The SMILES string of the molecule is Fc1cc(OCCN2CCCC2)cc(-c2nccc3[nH]c(-c4n[nH]c5ccc(-c6cncc(CNCC7CCCC7)c6)nc45)nc23)c1. The normalized spacial score (nSPS) is 15.8. The van der Waals surface area contributed by atoms with E-state index in [2.05, 4.69) is 41.4 Å². The highest BCUT2D eigenvalue weighted by Crippen LogP contribution is 2.33. The van der Waals surface area contributed by atoms with Gasteiger partial charge >= 0.3 is 0 Å². The van der Waals surface area contributed by atoms with Crippen LogP contribution in [0.5, 0.6) is 5.75 Å². The number of H-pyrrole nitrogens is 2. The highest BCUT2D eigenvalue weighted by Gasteiger charge is 2.19. The highest BCUT2D eigenvalue weighted by molar-refractivity contribution is 5.95. The second-order valence-corrected chi connectivity index (χ2v) is 12.7. The van der Waals surface area contributed by atoms with Gasteiger partial charge in [-0.15, -0.1) is 0 Å². The van der Waals surface area contributed by atoms with E-state index in [1.165, 1.54) is 50.7 Å². The van der Waals surface area contributed by atoms with E-state index in [4.69, 9.17) is 14.7 Å². The maximum Gasteiger partial charge on any atom is 0.161 e. The molecule has 6 heterocycles. The van der Waals surface area contributed by atoms with E-state index >= 15 is 0 Å². The Morgan fingerprint density at radius 2 is 1.77 bits per heavy atom. The zero-order valence-electron chi connectivity index (χ0n) is 26.3. The molecule has 0 unspecified atom stereocenters. The molecule has 1 saturated carbocycles. The van der Waals surface area contributed by atoms with Crippen molar-refractivity contribution in [1.29, 1.82) is 0 Å². The molecule has 11 heteroatoms. The van der Waals surface area contributed by atoms with E-state index in [9.17, 15) is 4.39 Å². The number of nitrogens with zero attached hydrogens (tertiary/aromatic N) is 6. The maximum absolute atomic E-state index is 14.8. The molecule has 0 spiro atoms. The number of fused-ring (bicyclic) bond motifs is 2. The number of ether oxygens (including phenoxy) is 1. The summed E-state index contributed by atoms with van der Waals surface area (Å²) in [4.78, 5) is 24.8. The summed E-state index contributed by atoms with van der Waals surface area (Å²) in [7, 11) is 0. The van der Waals surface area contributed by atoms with Crippen LogP contribution in [0.25, 0.3) is 56.1 Å². The number of aromatic nitrogens is 7. The monoisotopic (exact) mass is 631 g/mol. The summed E-state index contributed by atoms with van der Waals surface area (Å²) in [5.74, 6) is 1.43. The summed E-state index contributed by atoms with van der Waals surface area (Å²) < 4.78 is 20.8. The van der Waals surface area contributed by atoms with Gasteiger partial charge in [0, 0.05) is 48.9 Å². The largest absolute Gasteiger partial charge is 0.492 e. The number of halogens is 1. The predicted octanol–water partition coefficient (Wildman–Crippen LogP) is 6.52. The zero-order valence-corrected chi connectivity index (χ0v) is 26.3. The lowest BCUT2D eigenvalue weighted by molar-refractivity contribution is 0.237. The van der Waals surface area contributed by atoms with Gasteiger partial charge in [-0.3, -0.25) is 20.0 Å². The van der Waals surface area contributed by atoms with E-state index in [1.54, 1.807) is 6.20 Å². The molecule has 2 aliphatic rings. The van der Waals surface area contributed by atoms with Crippen LogP contribution < -0.4 is 10.1 Å². The Kier molecular flexibility index (Phi) is 8.31. The zero-order chi connectivity index (χ0) is 31.6. The average molecular weight is 632 g/mol. The van der Waals surface area contributed by atoms with Crippen LogP contribution in [0, 0.1) is 11.7 Å². The smallest absolute Gasteiger partial charge is 0.161 e. The number of hydrogen-bond donors (Lipinski definition) is 3. The minimum Gasteiger partial charge on any atom is -0.492 e. The van der Waals surface area contributed by atoms with Crippen molar-refractivity contribution in [2.24, 2.45) is 5.92 Å². The van der Waals surface area contributed by atoms with Crippen LogP contribution in [-0.4, -0.2) is 72.8 Å². The minimum atomic E-state index is -0.383. The van der Waals surface area contributed by atoms with Crippen LogP contribution in [0.1, 0.15) is 44.1 Å². The Morgan fingerprint density at radius 3 is 2.66 bits per heavy atom. The summed E-state index contributed by atoms with van der Waals surface area (Å²) in [5.41, 5.74) is 7.51. The molecule has 1 aliphatic heterocycles. The van der Waals surface area contributed by atoms with Gasteiger partial charge in [0.25, 0.3) is 0 Å². The lowest BCUT2D eigenvalue weighted by Crippen LogP contribution is -2.25. The Bertz CT molecular complexity index is 2010. The number of aromatic amines is 2. The molecule has 0 bridgehead atoms. The molecule has 8 rings (SSSR count). The molecule has 1 aromatic carbocycles. The van der Waals surface area contributed by atoms with Gasteiger partial charge in [-0.25, -0.2) is 14.4 Å². The maximum atomic E-state index is 14.8. The number of pyridine rings is 3. The van der Waals surface area contributed by atoms with Crippen LogP contribution in [-0.2, 0) is 6.54 Å². The Labute approximate surface area is 272 Å². The quantitative estimate of drug-likeness (QED) is 0.148. The second kappa shape index (κ2) is 13.2. The Balaban J connectivity index is 1.05.